The number of anilines is 1. The van der Waals surface area contributed by atoms with Gasteiger partial charge in [-0.1, -0.05) is 32.9 Å². The molecule has 0 fully saturated rings. The monoisotopic (exact) mass is 430 g/mol. The van der Waals surface area contributed by atoms with Gasteiger partial charge in [-0.3, -0.25) is 4.68 Å². The number of methoxy groups -OCH3 is 1. The first kappa shape index (κ1) is 21.7. The molecule has 3 heterocycles. The molecule has 0 aliphatic heterocycles. The van der Waals surface area contributed by atoms with Crippen molar-refractivity contribution >= 4 is 16.7 Å². The Labute approximate surface area is 188 Å². The van der Waals surface area contributed by atoms with Crippen LogP contribution in [0.15, 0.2) is 42.7 Å². The zero-order chi connectivity index (χ0) is 22.9. The summed E-state index contributed by atoms with van der Waals surface area (Å²) < 4.78 is 7.54. The molecule has 0 saturated heterocycles. The number of aryl methyl sites for hydroxylation is 2. The number of fused-ring (bicyclic) bond motifs is 1. The van der Waals surface area contributed by atoms with E-state index in [1.807, 2.05) is 43.0 Å². The van der Waals surface area contributed by atoms with Crippen molar-refractivity contribution in [2.24, 2.45) is 12.5 Å². The second-order valence-corrected chi connectivity index (χ2v) is 9.29. The number of hydrogen-bond acceptors (Lipinski definition) is 6. The van der Waals surface area contributed by atoms with Crippen molar-refractivity contribution in [2.75, 3.05) is 19.0 Å². The first-order valence-electron chi connectivity index (χ1n) is 10.8. The Kier molecular flexibility index (Phi) is 5.82. The van der Waals surface area contributed by atoms with Gasteiger partial charge in [-0.15, -0.1) is 0 Å². The molecule has 7 heteroatoms. The molecule has 0 atom stereocenters. The lowest BCUT2D eigenvalue weighted by molar-refractivity contribution is 0.410. The van der Waals surface area contributed by atoms with Gasteiger partial charge in [0.05, 0.1) is 12.8 Å². The minimum absolute atomic E-state index is 0.136. The quantitative estimate of drug-likeness (QED) is 0.474. The van der Waals surface area contributed by atoms with E-state index in [1.165, 1.54) is 0 Å². The molecular weight excluding hydrogens is 400 g/mol. The first-order valence-corrected chi connectivity index (χ1v) is 10.8. The summed E-state index contributed by atoms with van der Waals surface area (Å²) in [4.78, 5) is 14.2. The maximum absolute atomic E-state index is 5.69. The molecule has 166 valence electrons. The number of hydrogen-bond donors (Lipinski definition) is 1. The van der Waals surface area contributed by atoms with Crippen LogP contribution in [0.1, 0.15) is 37.9 Å². The van der Waals surface area contributed by atoms with E-state index >= 15 is 0 Å². The second kappa shape index (κ2) is 8.57. The van der Waals surface area contributed by atoms with E-state index in [1.54, 1.807) is 13.3 Å². The molecule has 0 amide bonds. The Morgan fingerprint density at radius 1 is 1.09 bits per heavy atom. The maximum atomic E-state index is 5.69. The average Bonchev–Trinajstić information content (AvgIpc) is 3.18. The molecule has 4 aromatic rings. The zero-order valence-corrected chi connectivity index (χ0v) is 19.6. The Hall–Kier alpha value is -3.48. The SMILES string of the molecule is COc1cc(-c2ccnn2C)ccc1Cc1ncc2cc(C)nc(NCC(C)(C)C)c2n1. The maximum Gasteiger partial charge on any atom is 0.152 e. The summed E-state index contributed by atoms with van der Waals surface area (Å²) in [6, 6.07) is 10.2. The molecule has 0 saturated carbocycles. The molecule has 3 aromatic heterocycles. The number of pyridine rings is 1. The summed E-state index contributed by atoms with van der Waals surface area (Å²) in [7, 11) is 3.62. The van der Waals surface area contributed by atoms with Crippen molar-refractivity contribution in [1.82, 2.24) is 24.7 Å². The largest absolute Gasteiger partial charge is 0.496 e. The van der Waals surface area contributed by atoms with Crippen molar-refractivity contribution in [3.63, 3.8) is 0 Å². The van der Waals surface area contributed by atoms with Crippen LogP contribution < -0.4 is 10.1 Å². The normalized spacial score (nSPS) is 11.7. The molecule has 0 aliphatic carbocycles. The van der Waals surface area contributed by atoms with Gasteiger partial charge < -0.3 is 10.1 Å². The van der Waals surface area contributed by atoms with E-state index in [2.05, 4.69) is 48.3 Å². The van der Waals surface area contributed by atoms with E-state index in [0.29, 0.717) is 6.42 Å². The minimum Gasteiger partial charge on any atom is -0.496 e. The van der Waals surface area contributed by atoms with Gasteiger partial charge in [-0.25, -0.2) is 15.0 Å². The van der Waals surface area contributed by atoms with E-state index in [-0.39, 0.29) is 5.41 Å². The van der Waals surface area contributed by atoms with Gasteiger partial charge in [0.2, 0.25) is 0 Å². The third-order valence-corrected chi connectivity index (χ3v) is 5.28. The van der Waals surface area contributed by atoms with E-state index < -0.39 is 0 Å². The van der Waals surface area contributed by atoms with Crippen molar-refractivity contribution in [2.45, 2.75) is 34.1 Å². The highest BCUT2D eigenvalue weighted by Crippen LogP contribution is 2.29. The van der Waals surface area contributed by atoms with Crippen molar-refractivity contribution in [1.29, 1.82) is 0 Å². The predicted octanol–water partition coefficient (Wildman–Crippen LogP) is 4.79. The second-order valence-electron chi connectivity index (χ2n) is 9.29. The highest BCUT2D eigenvalue weighted by atomic mass is 16.5. The van der Waals surface area contributed by atoms with Crippen LogP contribution in [0.3, 0.4) is 0 Å². The summed E-state index contributed by atoms with van der Waals surface area (Å²) >= 11 is 0. The number of aromatic nitrogens is 5. The number of nitrogens with zero attached hydrogens (tertiary/aromatic N) is 5. The van der Waals surface area contributed by atoms with E-state index in [4.69, 9.17) is 14.7 Å². The number of benzene rings is 1. The Morgan fingerprint density at radius 3 is 2.59 bits per heavy atom. The van der Waals surface area contributed by atoms with Gasteiger partial charge in [0.25, 0.3) is 0 Å². The van der Waals surface area contributed by atoms with Crippen molar-refractivity contribution in [3.8, 4) is 17.0 Å². The van der Waals surface area contributed by atoms with Crippen LogP contribution in [0.25, 0.3) is 22.2 Å². The summed E-state index contributed by atoms with van der Waals surface area (Å²) in [5.41, 5.74) is 5.04. The summed E-state index contributed by atoms with van der Waals surface area (Å²) in [6.07, 6.45) is 4.24. The first-order chi connectivity index (χ1) is 15.2. The zero-order valence-electron chi connectivity index (χ0n) is 19.6. The number of rotatable bonds is 6. The Morgan fingerprint density at radius 2 is 1.91 bits per heavy atom. The Balaban J connectivity index is 1.67. The van der Waals surface area contributed by atoms with Crippen LogP contribution in [0, 0.1) is 12.3 Å². The molecule has 0 bridgehead atoms. The summed E-state index contributed by atoms with van der Waals surface area (Å²) in [5, 5.41) is 8.71. The van der Waals surface area contributed by atoms with Crippen LogP contribution >= 0.6 is 0 Å². The third-order valence-electron chi connectivity index (χ3n) is 5.28. The highest BCUT2D eigenvalue weighted by Gasteiger charge is 2.15. The minimum atomic E-state index is 0.136. The van der Waals surface area contributed by atoms with Crippen LogP contribution in [0.5, 0.6) is 5.75 Å². The molecule has 4 rings (SSSR count). The molecule has 0 unspecified atom stereocenters. The molecule has 0 aliphatic rings. The van der Waals surface area contributed by atoms with Crippen molar-refractivity contribution < 1.29 is 4.74 Å². The fourth-order valence-corrected chi connectivity index (χ4v) is 3.64. The van der Waals surface area contributed by atoms with Gasteiger partial charge in [-0.2, -0.15) is 5.10 Å². The standard InChI is InChI=1S/C25H30N6O/c1-16-11-19-14-26-22(30-23(19)24(29-16)27-15-25(2,3)4)13-18-8-7-17(12-21(18)32-6)20-9-10-28-31(20)5/h7-12,14H,13,15H2,1-6H3,(H,27,29). The molecule has 1 N–H and O–H groups in total. The van der Waals surface area contributed by atoms with E-state index in [0.717, 1.165) is 57.4 Å². The van der Waals surface area contributed by atoms with Crippen LogP contribution in [-0.2, 0) is 13.5 Å². The predicted molar refractivity (Wildman–Crippen MR) is 128 cm³/mol. The van der Waals surface area contributed by atoms with Gasteiger partial charge in [0, 0.05) is 54.6 Å². The molecule has 7 nitrogen and oxygen atoms in total. The van der Waals surface area contributed by atoms with Gasteiger partial charge in [0.15, 0.2) is 5.82 Å². The van der Waals surface area contributed by atoms with Crippen molar-refractivity contribution in [3.05, 3.63) is 59.8 Å². The highest BCUT2D eigenvalue weighted by molar-refractivity contribution is 5.88. The average molecular weight is 431 g/mol. The van der Waals surface area contributed by atoms with E-state index in [9.17, 15) is 0 Å². The molecule has 32 heavy (non-hydrogen) atoms. The molecule has 1 aromatic carbocycles. The molecule has 0 spiro atoms. The molecular formula is C25H30N6O. The van der Waals surface area contributed by atoms with Gasteiger partial charge >= 0.3 is 0 Å². The third kappa shape index (κ3) is 4.72. The topological polar surface area (TPSA) is 77.8 Å². The Bertz CT molecular complexity index is 1260. The summed E-state index contributed by atoms with van der Waals surface area (Å²) in [5.74, 6) is 2.34. The summed E-state index contributed by atoms with van der Waals surface area (Å²) in [6.45, 7) is 9.38. The van der Waals surface area contributed by atoms with Crippen LogP contribution in [-0.4, -0.2) is 38.4 Å². The smallest absolute Gasteiger partial charge is 0.152 e. The lowest BCUT2D eigenvalue weighted by Gasteiger charge is -2.20. The lowest BCUT2D eigenvalue weighted by atomic mass is 9.97. The molecule has 0 radical (unpaired) electrons. The lowest BCUT2D eigenvalue weighted by Crippen LogP contribution is -2.20. The number of ether oxygens (including phenoxy) is 1. The van der Waals surface area contributed by atoms with Gasteiger partial charge in [-0.05, 0) is 30.5 Å². The fraction of sp³-hybridized carbons (Fsp3) is 0.360. The number of nitrogens with one attached hydrogen (secondary N) is 1. The van der Waals surface area contributed by atoms with Gasteiger partial charge in [0.1, 0.15) is 17.1 Å². The van der Waals surface area contributed by atoms with Crippen LogP contribution in [0.4, 0.5) is 5.82 Å². The fourth-order valence-electron chi connectivity index (χ4n) is 3.64. The van der Waals surface area contributed by atoms with Crippen LogP contribution in [0.2, 0.25) is 0 Å².